The van der Waals surface area contributed by atoms with Crippen LogP contribution in [0.1, 0.15) is 16.2 Å². The van der Waals surface area contributed by atoms with Gasteiger partial charge in [-0.25, -0.2) is 0 Å². The monoisotopic (exact) mass is 406 g/mol. The molecule has 0 saturated heterocycles. The fourth-order valence-electron chi connectivity index (χ4n) is 3.21. The van der Waals surface area contributed by atoms with Crippen LogP contribution in [0.25, 0.3) is 22.5 Å². The van der Waals surface area contributed by atoms with Crippen molar-refractivity contribution in [1.82, 2.24) is 20.0 Å². The molecule has 1 amide bonds. The zero-order valence-electron chi connectivity index (χ0n) is 17.0. The number of H-pyrrole nitrogens is 1. The van der Waals surface area contributed by atoms with Crippen molar-refractivity contribution in [1.29, 1.82) is 0 Å². The summed E-state index contributed by atoms with van der Waals surface area (Å²) >= 11 is 0. The Balaban J connectivity index is 1.44. The largest absolute Gasteiger partial charge is 0.497 e. The number of amides is 1. The van der Waals surface area contributed by atoms with Crippen LogP contribution in [0.5, 0.6) is 11.5 Å². The molecule has 154 valence electrons. The van der Waals surface area contributed by atoms with E-state index in [0.717, 1.165) is 22.3 Å². The van der Waals surface area contributed by atoms with Crippen LogP contribution in [0.4, 0.5) is 0 Å². The van der Waals surface area contributed by atoms with Gasteiger partial charge in [-0.2, -0.15) is 4.98 Å². The normalized spacial score (nSPS) is 10.9. The molecule has 0 aliphatic carbocycles. The van der Waals surface area contributed by atoms with E-state index in [4.69, 9.17) is 14.0 Å². The van der Waals surface area contributed by atoms with Gasteiger partial charge >= 0.3 is 0 Å². The summed E-state index contributed by atoms with van der Waals surface area (Å²) in [5.41, 5.74) is 2.20. The van der Waals surface area contributed by atoms with Gasteiger partial charge in [-0.05, 0) is 36.4 Å². The molecule has 0 fully saturated rings. The van der Waals surface area contributed by atoms with Gasteiger partial charge in [0, 0.05) is 30.9 Å². The molecule has 2 aromatic carbocycles. The third-order valence-electron chi connectivity index (χ3n) is 4.88. The number of likely N-dealkylation sites (N-methyl/N-ethyl adjacent to an activating group) is 1. The van der Waals surface area contributed by atoms with E-state index in [0.29, 0.717) is 36.0 Å². The van der Waals surface area contributed by atoms with Crippen molar-refractivity contribution >= 4 is 16.8 Å². The van der Waals surface area contributed by atoms with Crippen molar-refractivity contribution in [2.75, 3.05) is 27.8 Å². The standard InChI is InChI=1S/C22H22N4O4/c1-26(22(27)16-6-4-5-7-19(16)29-3)11-10-20-24-21(30-25-20)18-13-14-12-15(28-2)8-9-17(14)23-18/h4-9,12-13,23H,10-11H2,1-3H3. The minimum Gasteiger partial charge on any atom is -0.497 e. The second kappa shape index (κ2) is 8.28. The van der Waals surface area contributed by atoms with Gasteiger partial charge < -0.3 is 23.9 Å². The lowest BCUT2D eigenvalue weighted by Gasteiger charge is -2.17. The predicted molar refractivity (Wildman–Crippen MR) is 112 cm³/mol. The van der Waals surface area contributed by atoms with Crippen LogP contribution in [0.3, 0.4) is 0 Å². The zero-order chi connectivity index (χ0) is 21.1. The van der Waals surface area contributed by atoms with Crippen molar-refractivity contribution in [3.63, 3.8) is 0 Å². The Morgan fingerprint density at radius 3 is 2.77 bits per heavy atom. The summed E-state index contributed by atoms with van der Waals surface area (Å²) in [6.07, 6.45) is 0.467. The van der Waals surface area contributed by atoms with E-state index in [1.165, 1.54) is 0 Å². The topological polar surface area (TPSA) is 93.5 Å². The molecular weight excluding hydrogens is 384 g/mol. The Labute approximate surface area is 173 Å². The van der Waals surface area contributed by atoms with Crippen LogP contribution >= 0.6 is 0 Å². The fourth-order valence-corrected chi connectivity index (χ4v) is 3.21. The second-order valence-electron chi connectivity index (χ2n) is 6.83. The number of methoxy groups -OCH3 is 2. The first-order valence-corrected chi connectivity index (χ1v) is 9.47. The van der Waals surface area contributed by atoms with Crippen molar-refractivity contribution in [3.05, 3.63) is 59.9 Å². The maximum atomic E-state index is 12.7. The molecule has 0 radical (unpaired) electrons. The lowest BCUT2D eigenvalue weighted by atomic mass is 10.1. The van der Waals surface area contributed by atoms with E-state index < -0.39 is 0 Å². The Hall–Kier alpha value is -3.81. The molecule has 4 aromatic rings. The molecule has 2 aromatic heterocycles. The number of rotatable bonds is 7. The number of hydrogen-bond donors (Lipinski definition) is 1. The van der Waals surface area contributed by atoms with Gasteiger partial charge in [0.25, 0.3) is 11.8 Å². The number of para-hydroxylation sites is 1. The summed E-state index contributed by atoms with van der Waals surface area (Å²) < 4.78 is 15.9. The number of nitrogens with one attached hydrogen (secondary N) is 1. The molecule has 0 spiro atoms. The maximum absolute atomic E-state index is 12.7. The van der Waals surface area contributed by atoms with Gasteiger partial charge in [0.1, 0.15) is 17.2 Å². The Kier molecular flexibility index (Phi) is 5.38. The van der Waals surface area contributed by atoms with E-state index in [1.54, 1.807) is 38.3 Å². The molecule has 8 nitrogen and oxygen atoms in total. The van der Waals surface area contributed by atoms with Crippen LogP contribution in [0.15, 0.2) is 53.1 Å². The number of ether oxygens (including phenoxy) is 2. The third kappa shape index (κ3) is 3.84. The highest BCUT2D eigenvalue weighted by molar-refractivity contribution is 5.96. The molecule has 2 heterocycles. The summed E-state index contributed by atoms with van der Waals surface area (Å²) in [7, 11) is 4.92. The first-order valence-electron chi connectivity index (χ1n) is 9.47. The van der Waals surface area contributed by atoms with Crippen molar-refractivity contribution in [2.45, 2.75) is 6.42 Å². The van der Waals surface area contributed by atoms with Crippen LogP contribution in [0.2, 0.25) is 0 Å². The van der Waals surface area contributed by atoms with Gasteiger partial charge in [-0.1, -0.05) is 17.3 Å². The Morgan fingerprint density at radius 1 is 1.13 bits per heavy atom. The van der Waals surface area contributed by atoms with E-state index in [-0.39, 0.29) is 5.91 Å². The summed E-state index contributed by atoms with van der Waals surface area (Å²) in [5, 5.41) is 5.03. The zero-order valence-corrected chi connectivity index (χ0v) is 17.0. The minimum absolute atomic E-state index is 0.124. The highest BCUT2D eigenvalue weighted by Gasteiger charge is 2.17. The smallest absolute Gasteiger partial charge is 0.274 e. The maximum Gasteiger partial charge on any atom is 0.274 e. The van der Waals surface area contributed by atoms with Crippen LogP contribution in [-0.2, 0) is 6.42 Å². The molecule has 4 rings (SSSR count). The first-order chi connectivity index (χ1) is 14.6. The molecule has 0 aliphatic rings. The Morgan fingerprint density at radius 2 is 1.97 bits per heavy atom. The molecule has 8 heteroatoms. The van der Waals surface area contributed by atoms with Gasteiger partial charge in [0.15, 0.2) is 5.82 Å². The van der Waals surface area contributed by atoms with Crippen molar-refractivity contribution < 1.29 is 18.8 Å². The van der Waals surface area contributed by atoms with Crippen molar-refractivity contribution in [3.8, 4) is 23.1 Å². The average Bonchev–Trinajstić information content (AvgIpc) is 3.43. The first kappa shape index (κ1) is 19.5. The van der Waals surface area contributed by atoms with E-state index in [9.17, 15) is 4.79 Å². The van der Waals surface area contributed by atoms with E-state index >= 15 is 0 Å². The molecule has 0 unspecified atom stereocenters. The molecule has 0 saturated carbocycles. The SMILES string of the molecule is COc1ccc2[nH]c(-c3nc(CCN(C)C(=O)c4ccccc4OC)no3)cc2c1. The van der Waals surface area contributed by atoms with E-state index in [2.05, 4.69) is 15.1 Å². The second-order valence-corrected chi connectivity index (χ2v) is 6.83. The highest BCUT2D eigenvalue weighted by Crippen LogP contribution is 2.26. The number of nitrogens with zero attached hydrogens (tertiary/aromatic N) is 3. The van der Waals surface area contributed by atoms with Gasteiger partial charge in [-0.3, -0.25) is 4.79 Å². The van der Waals surface area contributed by atoms with Crippen LogP contribution in [-0.4, -0.2) is 53.7 Å². The minimum atomic E-state index is -0.124. The molecule has 0 atom stereocenters. The molecule has 0 bridgehead atoms. The Bertz CT molecular complexity index is 1180. The van der Waals surface area contributed by atoms with Gasteiger partial charge in [0.2, 0.25) is 0 Å². The summed E-state index contributed by atoms with van der Waals surface area (Å²) in [6, 6.07) is 14.8. The molecule has 1 N–H and O–H groups in total. The summed E-state index contributed by atoms with van der Waals surface area (Å²) in [5.74, 6) is 2.13. The predicted octanol–water partition coefficient (Wildman–Crippen LogP) is 3.55. The van der Waals surface area contributed by atoms with Crippen molar-refractivity contribution in [2.24, 2.45) is 0 Å². The van der Waals surface area contributed by atoms with Gasteiger partial charge in [-0.15, -0.1) is 0 Å². The summed E-state index contributed by atoms with van der Waals surface area (Å²) in [4.78, 5) is 22.0. The fraction of sp³-hybridized carbons (Fsp3) is 0.227. The lowest BCUT2D eigenvalue weighted by molar-refractivity contribution is 0.0792. The highest BCUT2D eigenvalue weighted by atomic mass is 16.5. The summed E-state index contributed by atoms with van der Waals surface area (Å²) in [6.45, 7) is 0.444. The lowest BCUT2D eigenvalue weighted by Crippen LogP contribution is -2.29. The van der Waals surface area contributed by atoms with Crippen LogP contribution in [0, 0.1) is 0 Å². The average molecular weight is 406 g/mol. The number of hydrogen-bond acceptors (Lipinski definition) is 6. The molecule has 30 heavy (non-hydrogen) atoms. The third-order valence-corrected chi connectivity index (χ3v) is 4.88. The molecular formula is C22H22N4O4. The molecule has 0 aliphatic heterocycles. The number of aromatic amines is 1. The quantitative estimate of drug-likeness (QED) is 0.504. The number of benzene rings is 2. The number of fused-ring (bicyclic) bond motifs is 1. The van der Waals surface area contributed by atoms with E-state index in [1.807, 2.05) is 36.4 Å². The number of aromatic nitrogens is 3. The number of carbonyl (C=O) groups is 1. The van der Waals surface area contributed by atoms with Gasteiger partial charge in [0.05, 0.1) is 19.8 Å². The van der Waals surface area contributed by atoms with Crippen LogP contribution < -0.4 is 9.47 Å². The number of carbonyl (C=O) groups excluding carboxylic acids is 1.